The highest BCUT2D eigenvalue weighted by atomic mass is 16.5. The largest absolute Gasteiger partial charge is 0.466 e. The fourth-order valence-electron chi connectivity index (χ4n) is 10.3. The van der Waals surface area contributed by atoms with Crippen LogP contribution in [0.15, 0.2) is 36.5 Å². The molecule has 0 aliphatic heterocycles. The van der Waals surface area contributed by atoms with Crippen molar-refractivity contribution in [1.82, 2.24) is 5.32 Å². The third-order valence-electron chi connectivity index (χ3n) is 15.4. The minimum atomic E-state index is -0.666. The molecular weight excluding hydrogens is 911 g/mol. The quantitative estimate of drug-likeness (QED) is 0.0320. The molecule has 0 aromatic rings. The number of aliphatic hydroxyl groups excluding tert-OH is 2. The van der Waals surface area contributed by atoms with Gasteiger partial charge in [0, 0.05) is 12.8 Å². The third-order valence-corrected chi connectivity index (χ3v) is 15.4. The lowest BCUT2D eigenvalue weighted by molar-refractivity contribution is -0.143. The number of hydrogen-bond acceptors (Lipinski definition) is 5. The van der Waals surface area contributed by atoms with Crippen molar-refractivity contribution in [2.45, 2.75) is 373 Å². The molecule has 0 aliphatic rings. The molecule has 6 heteroatoms. The van der Waals surface area contributed by atoms with Crippen LogP contribution in [0.3, 0.4) is 0 Å². The maximum Gasteiger partial charge on any atom is 0.305 e. The second-order valence-corrected chi connectivity index (χ2v) is 22.8. The Morgan fingerprint density at radius 3 is 1.08 bits per heavy atom. The molecule has 0 bridgehead atoms. The minimum absolute atomic E-state index is 0.000102. The predicted octanol–water partition coefficient (Wildman–Crippen LogP) is 21.1. The maximum atomic E-state index is 12.5. The van der Waals surface area contributed by atoms with E-state index in [4.69, 9.17) is 4.74 Å². The Balaban J connectivity index is 3.39. The number of allylic oxidation sites excluding steroid dienone is 6. The normalized spacial score (nSPS) is 12.8. The van der Waals surface area contributed by atoms with Gasteiger partial charge in [0.25, 0.3) is 0 Å². The summed E-state index contributed by atoms with van der Waals surface area (Å²) in [5.41, 5.74) is 0. The summed E-state index contributed by atoms with van der Waals surface area (Å²) >= 11 is 0. The molecule has 0 saturated carbocycles. The zero-order chi connectivity index (χ0) is 53.6. The number of hydrogen-bond donors (Lipinski definition) is 3. The topological polar surface area (TPSA) is 95.9 Å². The number of amides is 1. The van der Waals surface area contributed by atoms with Crippen LogP contribution >= 0.6 is 0 Å². The highest BCUT2D eigenvalue weighted by molar-refractivity contribution is 5.76. The van der Waals surface area contributed by atoms with Gasteiger partial charge in [-0.25, -0.2) is 0 Å². The molecule has 0 rings (SSSR count). The van der Waals surface area contributed by atoms with Gasteiger partial charge in [0.15, 0.2) is 0 Å². The smallest absolute Gasteiger partial charge is 0.305 e. The first-order valence-electron chi connectivity index (χ1n) is 33.2. The van der Waals surface area contributed by atoms with E-state index >= 15 is 0 Å². The molecular formula is C68H129NO5. The molecule has 0 aliphatic carbocycles. The van der Waals surface area contributed by atoms with Crippen molar-refractivity contribution >= 4 is 11.9 Å². The number of carbonyl (C=O) groups is 2. The monoisotopic (exact) mass is 1040 g/mol. The van der Waals surface area contributed by atoms with Crippen molar-refractivity contribution in [3.8, 4) is 0 Å². The van der Waals surface area contributed by atoms with E-state index in [-0.39, 0.29) is 18.5 Å². The molecule has 3 N–H and O–H groups in total. The molecule has 436 valence electrons. The van der Waals surface area contributed by atoms with Gasteiger partial charge >= 0.3 is 5.97 Å². The van der Waals surface area contributed by atoms with Crippen LogP contribution in [0.25, 0.3) is 0 Å². The average Bonchev–Trinajstić information content (AvgIpc) is 3.40. The summed E-state index contributed by atoms with van der Waals surface area (Å²) in [7, 11) is 0. The summed E-state index contributed by atoms with van der Waals surface area (Å²) in [6.07, 6.45) is 80.3. The first kappa shape index (κ1) is 72.1. The van der Waals surface area contributed by atoms with E-state index in [0.29, 0.717) is 25.9 Å². The van der Waals surface area contributed by atoms with Crippen molar-refractivity contribution in [2.24, 2.45) is 0 Å². The zero-order valence-electron chi connectivity index (χ0n) is 49.8. The van der Waals surface area contributed by atoms with Crippen molar-refractivity contribution in [2.75, 3.05) is 13.2 Å². The van der Waals surface area contributed by atoms with E-state index in [0.717, 1.165) is 51.4 Å². The number of unbranched alkanes of at least 4 members (excludes halogenated alkanes) is 45. The van der Waals surface area contributed by atoms with Gasteiger partial charge in [0.05, 0.1) is 25.4 Å². The van der Waals surface area contributed by atoms with Crippen LogP contribution in [0.4, 0.5) is 0 Å². The van der Waals surface area contributed by atoms with E-state index in [1.165, 1.54) is 276 Å². The Hall–Kier alpha value is -1.92. The van der Waals surface area contributed by atoms with E-state index in [1.807, 2.05) is 0 Å². The Kier molecular flexibility index (Phi) is 62.0. The van der Waals surface area contributed by atoms with Gasteiger partial charge in [-0.2, -0.15) is 0 Å². The fourth-order valence-corrected chi connectivity index (χ4v) is 10.3. The molecule has 0 fully saturated rings. The Labute approximate surface area is 462 Å². The van der Waals surface area contributed by atoms with E-state index in [9.17, 15) is 19.8 Å². The molecule has 0 spiro atoms. The summed E-state index contributed by atoms with van der Waals surface area (Å²) in [6, 6.07) is -0.543. The van der Waals surface area contributed by atoms with Gasteiger partial charge in [-0.15, -0.1) is 0 Å². The van der Waals surface area contributed by atoms with Crippen molar-refractivity contribution in [3.05, 3.63) is 36.5 Å². The second kappa shape index (κ2) is 63.6. The Morgan fingerprint density at radius 2 is 0.689 bits per heavy atom. The van der Waals surface area contributed by atoms with Gasteiger partial charge in [0.1, 0.15) is 0 Å². The van der Waals surface area contributed by atoms with Gasteiger partial charge in [-0.05, 0) is 77.0 Å². The van der Waals surface area contributed by atoms with Crippen molar-refractivity contribution in [3.63, 3.8) is 0 Å². The lowest BCUT2D eigenvalue weighted by Crippen LogP contribution is -2.45. The van der Waals surface area contributed by atoms with Gasteiger partial charge in [0.2, 0.25) is 5.91 Å². The molecule has 2 unspecified atom stereocenters. The standard InChI is InChI=1S/C68H129NO5/c1-3-5-7-9-11-13-15-17-19-30-33-36-40-44-48-52-56-60-66(71)65(64-70)69-67(72)61-57-53-49-45-41-37-34-31-28-26-24-22-20-21-23-25-27-29-32-35-39-43-47-51-55-59-63-74-68(73)62-58-54-50-46-42-38-18-16-14-12-10-8-6-4-2/h10,12,16,18,20,22,65-66,70-71H,3-9,11,13-15,17,19,21,23-64H2,1-2H3,(H,69,72)/b12-10-,18-16-,22-20-. The molecule has 2 atom stereocenters. The Morgan fingerprint density at radius 1 is 0.378 bits per heavy atom. The second-order valence-electron chi connectivity index (χ2n) is 22.8. The average molecular weight is 1040 g/mol. The van der Waals surface area contributed by atoms with Crippen LogP contribution in [-0.2, 0) is 14.3 Å². The lowest BCUT2D eigenvalue weighted by Gasteiger charge is -2.22. The van der Waals surface area contributed by atoms with Crippen LogP contribution in [-0.4, -0.2) is 47.4 Å². The molecule has 1 amide bonds. The number of rotatable bonds is 62. The van der Waals surface area contributed by atoms with Crippen LogP contribution in [0, 0.1) is 0 Å². The van der Waals surface area contributed by atoms with Crippen LogP contribution < -0.4 is 5.32 Å². The van der Waals surface area contributed by atoms with Gasteiger partial charge in [-0.1, -0.05) is 307 Å². The molecule has 0 heterocycles. The lowest BCUT2D eigenvalue weighted by atomic mass is 10.0. The van der Waals surface area contributed by atoms with Gasteiger partial charge < -0.3 is 20.3 Å². The molecule has 6 nitrogen and oxygen atoms in total. The first-order chi connectivity index (χ1) is 36.5. The first-order valence-corrected chi connectivity index (χ1v) is 33.2. The highest BCUT2D eigenvalue weighted by Crippen LogP contribution is 2.18. The molecule has 0 radical (unpaired) electrons. The summed E-state index contributed by atoms with van der Waals surface area (Å²) in [5, 5.41) is 23.3. The predicted molar refractivity (Wildman–Crippen MR) is 324 cm³/mol. The van der Waals surface area contributed by atoms with Crippen molar-refractivity contribution in [1.29, 1.82) is 0 Å². The molecule has 0 aromatic carbocycles. The Bertz CT molecular complexity index is 1200. The maximum absolute atomic E-state index is 12.5. The van der Waals surface area contributed by atoms with Crippen LogP contribution in [0.5, 0.6) is 0 Å². The zero-order valence-corrected chi connectivity index (χ0v) is 49.8. The number of nitrogens with one attached hydrogen (secondary N) is 1. The number of carbonyl (C=O) groups excluding carboxylic acids is 2. The minimum Gasteiger partial charge on any atom is -0.466 e. The fraction of sp³-hybridized carbons (Fsp3) is 0.882. The van der Waals surface area contributed by atoms with E-state index in [2.05, 4.69) is 55.6 Å². The number of esters is 1. The van der Waals surface area contributed by atoms with E-state index < -0.39 is 12.1 Å². The SMILES string of the molecule is CCCC/C=C\C/C=C\CCCCCCCC(=O)OCCCCCCCCCCCCCC/C=C\CCCCCCCCCCCCC(=O)NC(CO)C(O)CCCCCCCCCCCCCCCCCCC. The van der Waals surface area contributed by atoms with Crippen LogP contribution in [0.2, 0.25) is 0 Å². The van der Waals surface area contributed by atoms with Gasteiger partial charge in [-0.3, -0.25) is 9.59 Å². The molecule has 74 heavy (non-hydrogen) atoms. The van der Waals surface area contributed by atoms with E-state index in [1.54, 1.807) is 0 Å². The van der Waals surface area contributed by atoms with Crippen LogP contribution in [0.1, 0.15) is 361 Å². The summed E-state index contributed by atoms with van der Waals surface area (Å²) in [4.78, 5) is 24.6. The summed E-state index contributed by atoms with van der Waals surface area (Å²) in [5.74, 6) is -0.0344. The highest BCUT2D eigenvalue weighted by Gasteiger charge is 2.20. The van der Waals surface area contributed by atoms with Crippen molar-refractivity contribution < 1.29 is 24.5 Å². The molecule has 0 aromatic heterocycles. The summed E-state index contributed by atoms with van der Waals surface area (Å²) in [6.45, 7) is 4.93. The number of aliphatic hydroxyl groups is 2. The number of ether oxygens (including phenoxy) is 1. The molecule has 0 saturated heterocycles. The third kappa shape index (κ3) is 59.3. The summed E-state index contributed by atoms with van der Waals surface area (Å²) < 4.78 is 5.48.